The molecule has 0 saturated heterocycles. The molecule has 0 bridgehead atoms. The van der Waals surface area contributed by atoms with E-state index in [-0.39, 0.29) is 0 Å². The minimum Gasteiger partial charge on any atom is -0.374 e. The van der Waals surface area contributed by atoms with E-state index in [1.807, 2.05) is 13.8 Å². The SMILES string of the molecule is CCCCCCCCCCCCO[Si](CCCS)(OCC)OCC. The first-order valence-electron chi connectivity index (χ1n) is 10.3. The van der Waals surface area contributed by atoms with Gasteiger partial charge in [0.1, 0.15) is 0 Å². The Kier molecular flexibility index (Phi) is 18.6. The van der Waals surface area contributed by atoms with Crippen molar-refractivity contribution < 1.29 is 13.3 Å². The molecule has 0 N–H and O–H groups in total. The Labute approximate surface area is 158 Å². The maximum atomic E-state index is 6.15. The maximum absolute atomic E-state index is 6.15. The van der Waals surface area contributed by atoms with Crippen LogP contribution in [0, 0.1) is 0 Å². The van der Waals surface area contributed by atoms with Gasteiger partial charge in [-0.15, -0.1) is 0 Å². The number of hydrogen-bond donors (Lipinski definition) is 1. The lowest BCUT2D eigenvalue weighted by Crippen LogP contribution is -2.46. The fraction of sp³-hybridized carbons (Fsp3) is 1.00. The molecule has 0 amide bonds. The quantitative estimate of drug-likeness (QED) is 0.163. The van der Waals surface area contributed by atoms with Gasteiger partial charge in [-0.1, -0.05) is 64.7 Å². The van der Waals surface area contributed by atoms with E-state index >= 15 is 0 Å². The molecule has 0 saturated carbocycles. The van der Waals surface area contributed by atoms with Gasteiger partial charge >= 0.3 is 8.80 Å². The molecule has 3 nitrogen and oxygen atoms in total. The van der Waals surface area contributed by atoms with Crippen LogP contribution in [0.2, 0.25) is 6.04 Å². The van der Waals surface area contributed by atoms with E-state index in [0.717, 1.165) is 31.2 Å². The Morgan fingerprint density at radius 2 is 1.12 bits per heavy atom. The number of thiol groups is 1. The highest BCUT2D eigenvalue weighted by Gasteiger charge is 2.39. The van der Waals surface area contributed by atoms with Crippen molar-refractivity contribution in [2.75, 3.05) is 25.6 Å². The van der Waals surface area contributed by atoms with Crippen LogP contribution in [-0.4, -0.2) is 34.4 Å². The van der Waals surface area contributed by atoms with Gasteiger partial charge in [-0.05, 0) is 32.4 Å². The summed E-state index contributed by atoms with van der Waals surface area (Å²) in [5.74, 6) is 0.858. The smallest absolute Gasteiger partial charge is 0.374 e. The summed E-state index contributed by atoms with van der Waals surface area (Å²) >= 11 is 4.31. The fourth-order valence-corrected chi connectivity index (χ4v) is 5.98. The fourth-order valence-electron chi connectivity index (χ4n) is 2.89. The Bertz CT molecular complexity index is 249. The van der Waals surface area contributed by atoms with Crippen molar-refractivity contribution in [1.29, 1.82) is 0 Å². The van der Waals surface area contributed by atoms with Crippen LogP contribution < -0.4 is 0 Å². The lowest BCUT2D eigenvalue weighted by Gasteiger charge is -2.28. The predicted molar refractivity (Wildman–Crippen MR) is 110 cm³/mol. The highest BCUT2D eigenvalue weighted by atomic mass is 32.1. The highest BCUT2D eigenvalue weighted by Crippen LogP contribution is 2.19. The lowest BCUT2D eigenvalue weighted by molar-refractivity contribution is 0.0655. The number of rotatable bonds is 19. The third kappa shape index (κ3) is 13.7. The second kappa shape index (κ2) is 18.2. The van der Waals surface area contributed by atoms with Crippen molar-refractivity contribution in [3.05, 3.63) is 0 Å². The molecule has 0 aliphatic heterocycles. The highest BCUT2D eigenvalue weighted by molar-refractivity contribution is 7.80. The molecule has 0 aromatic carbocycles. The van der Waals surface area contributed by atoms with Crippen LogP contribution in [-0.2, 0) is 13.3 Å². The monoisotopic (exact) mass is 378 g/mol. The van der Waals surface area contributed by atoms with Crippen LogP contribution in [0.4, 0.5) is 0 Å². The van der Waals surface area contributed by atoms with Crippen LogP contribution >= 0.6 is 12.6 Å². The van der Waals surface area contributed by atoms with Crippen LogP contribution in [0.15, 0.2) is 0 Å². The first kappa shape index (κ1) is 24.4. The first-order chi connectivity index (χ1) is 11.7. The minimum absolute atomic E-state index is 0.664. The zero-order valence-corrected chi connectivity index (χ0v) is 18.4. The Morgan fingerprint density at radius 1 is 0.625 bits per heavy atom. The van der Waals surface area contributed by atoms with Crippen molar-refractivity contribution in [3.63, 3.8) is 0 Å². The average molecular weight is 379 g/mol. The molecule has 0 aliphatic rings. The number of hydrogen-bond acceptors (Lipinski definition) is 4. The lowest BCUT2D eigenvalue weighted by atomic mass is 10.1. The van der Waals surface area contributed by atoms with E-state index in [9.17, 15) is 0 Å². The molecule has 24 heavy (non-hydrogen) atoms. The summed E-state index contributed by atoms with van der Waals surface area (Å²) in [7, 11) is -2.46. The molecule has 0 rings (SSSR count). The molecular formula is C19H42O3SSi. The van der Waals surface area contributed by atoms with Gasteiger partial charge in [-0.2, -0.15) is 12.6 Å². The van der Waals surface area contributed by atoms with Gasteiger partial charge in [-0.3, -0.25) is 0 Å². The van der Waals surface area contributed by atoms with Crippen LogP contribution in [0.5, 0.6) is 0 Å². The Hall–Kier alpha value is 0.447. The van der Waals surface area contributed by atoms with Crippen molar-refractivity contribution in [1.82, 2.24) is 0 Å². The van der Waals surface area contributed by atoms with Gasteiger partial charge < -0.3 is 13.3 Å². The average Bonchev–Trinajstić information content (AvgIpc) is 2.58. The molecule has 0 unspecified atom stereocenters. The standard InChI is InChI=1S/C19H42O3SSi/c1-4-7-8-9-10-11-12-13-14-15-17-22-24(20-5-2,21-6-3)19-16-18-23/h23H,4-19H2,1-3H3. The van der Waals surface area contributed by atoms with E-state index in [4.69, 9.17) is 13.3 Å². The summed E-state index contributed by atoms with van der Waals surface area (Å²) in [4.78, 5) is 0. The normalized spacial score (nSPS) is 12.0. The van der Waals surface area contributed by atoms with Crippen LogP contribution in [0.1, 0.15) is 91.4 Å². The summed E-state index contributed by atoms with van der Waals surface area (Å²) in [5.41, 5.74) is 0. The minimum atomic E-state index is -2.46. The second-order valence-electron chi connectivity index (χ2n) is 6.41. The first-order valence-corrected chi connectivity index (χ1v) is 12.8. The summed E-state index contributed by atoms with van der Waals surface area (Å²) in [6, 6.07) is 0.885. The van der Waals surface area contributed by atoms with Crippen molar-refractivity contribution >= 4 is 21.4 Å². The molecule has 0 spiro atoms. The largest absolute Gasteiger partial charge is 0.500 e. The zero-order valence-electron chi connectivity index (χ0n) is 16.5. The number of unbranched alkanes of at least 4 members (excludes halogenated alkanes) is 9. The van der Waals surface area contributed by atoms with Gasteiger partial charge in [0.05, 0.1) is 0 Å². The molecule has 0 aromatic heterocycles. The second-order valence-corrected chi connectivity index (χ2v) is 9.59. The summed E-state index contributed by atoms with van der Waals surface area (Å²) in [6.45, 7) is 8.41. The van der Waals surface area contributed by atoms with Gasteiger partial charge in [0.2, 0.25) is 0 Å². The van der Waals surface area contributed by atoms with Gasteiger partial charge in [0, 0.05) is 25.9 Å². The van der Waals surface area contributed by atoms with E-state index < -0.39 is 8.80 Å². The van der Waals surface area contributed by atoms with Gasteiger partial charge in [0.15, 0.2) is 0 Å². The van der Waals surface area contributed by atoms with E-state index in [2.05, 4.69) is 19.6 Å². The third-order valence-electron chi connectivity index (χ3n) is 4.19. The molecule has 0 fully saturated rings. The molecule has 0 aliphatic carbocycles. The maximum Gasteiger partial charge on any atom is 0.500 e. The predicted octanol–water partition coefficient (Wildman–Crippen LogP) is 6.26. The van der Waals surface area contributed by atoms with Crippen molar-refractivity contribution in [2.24, 2.45) is 0 Å². The van der Waals surface area contributed by atoms with Crippen molar-refractivity contribution in [2.45, 2.75) is 97.4 Å². The zero-order chi connectivity index (χ0) is 17.9. The van der Waals surface area contributed by atoms with E-state index in [1.54, 1.807) is 0 Å². The third-order valence-corrected chi connectivity index (χ3v) is 7.57. The molecule has 0 radical (unpaired) electrons. The molecule has 146 valence electrons. The summed E-state index contributed by atoms with van der Waals surface area (Å²) < 4.78 is 18.0. The van der Waals surface area contributed by atoms with Crippen LogP contribution in [0.3, 0.4) is 0 Å². The van der Waals surface area contributed by atoms with Crippen molar-refractivity contribution in [3.8, 4) is 0 Å². The van der Waals surface area contributed by atoms with Gasteiger partial charge in [0.25, 0.3) is 0 Å². The molecule has 0 aromatic rings. The summed E-state index contributed by atoms with van der Waals surface area (Å²) in [5, 5.41) is 0. The van der Waals surface area contributed by atoms with Gasteiger partial charge in [-0.25, -0.2) is 0 Å². The molecule has 0 heterocycles. The van der Waals surface area contributed by atoms with E-state index in [1.165, 1.54) is 57.8 Å². The van der Waals surface area contributed by atoms with E-state index in [0.29, 0.717) is 13.2 Å². The molecule has 0 atom stereocenters. The Balaban J connectivity index is 3.74. The Morgan fingerprint density at radius 3 is 1.58 bits per heavy atom. The topological polar surface area (TPSA) is 27.7 Å². The summed E-state index contributed by atoms with van der Waals surface area (Å²) in [6.07, 6.45) is 14.4. The molecular weight excluding hydrogens is 336 g/mol. The molecule has 5 heteroatoms. The van der Waals surface area contributed by atoms with Crippen LogP contribution in [0.25, 0.3) is 0 Å².